The van der Waals surface area contributed by atoms with E-state index in [0.717, 1.165) is 0 Å². The van der Waals surface area contributed by atoms with E-state index in [9.17, 15) is 13.0 Å². The SMILES string of the molecule is O=S(=O)([O-])CCC(O)CCl.[Na+]. The van der Waals surface area contributed by atoms with Gasteiger partial charge >= 0.3 is 29.6 Å². The van der Waals surface area contributed by atoms with Crippen LogP contribution < -0.4 is 29.6 Å². The number of aliphatic hydroxyl groups is 1. The molecule has 0 bridgehead atoms. The van der Waals surface area contributed by atoms with Crippen LogP contribution in [-0.4, -0.2) is 35.8 Å². The maximum absolute atomic E-state index is 9.94. The maximum Gasteiger partial charge on any atom is 1.00 e. The molecule has 0 aliphatic rings. The zero-order valence-corrected chi connectivity index (χ0v) is 9.73. The van der Waals surface area contributed by atoms with E-state index >= 15 is 0 Å². The standard InChI is InChI=1S/C4H9ClO4S.Na/c5-3-4(6)1-2-10(7,8)9;/h4,6H,1-3H2,(H,7,8,9);/q;+1/p-1. The van der Waals surface area contributed by atoms with Crippen molar-refractivity contribution in [2.75, 3.05) is 11.6 Å². The molecule has 11 heavy (non-hydrogen) atoms. The molecule has 0 aliphatic carbocycles. The molecule has 4 nitrogen and oxygen atoms in total. The molecule has 0 heterocycles. The van der Waals surface area contributed by atoms with E-state index in [1.54, 1.807) is 0 Å². The minimum atomic E-state index is -4.20. The number of halogens is 1. The van der Waals surface area contributed by atoms with E-state index in [4.69, 9.17) is 16.7 Å². The first-order chi connectivity index (χ1) is 4.45. The van der Waals surface area contributed by atoms with Crippen LogP contribution in [0.5, 0.6) is 0 Å². The summed E-state index contributed by atoms with van der Waals surface area (Å²) in [6.07, 6.45) is -0.986. The number of rotatable bonds is 4. The Hall–Kier alpha value is 1.16. The van der Waals surface area contributed by atoms with Crippen LogP contribution in [0.2, 0.25) is 0 Å². The average molecular weight is 211 g/mol. The van der Waals surface area contributed by atoms with Gasteiger partial charge in [0.05, 0.1) is 16.2 Å². The van der Waals surface area contributed by atoms with E-state index < -0.39 is 22.0 Å². The van der Waals surface area contributed by atoms with Gasteiger partial charge in [-0.1, -0.05) is 0 Å². The van der Waals surface area contributed by atoms with E-state index in [0.29, 0.717) is 0 Å². The van der Waals surface area contributed by atoms with Crippen LogP contribution in [0.1, 0.15) is 6.42 Å². The Morgan fingerprint density at radius 1 is 1.55 bits per heavy atom. The summed E-state index contributed by atoms with van der Waals surface area (Å²) in [4.78, 5) is 0. The van der Waals surface area contributed by atoms with E-state index in [1.807, 2.05) is 0 Å². The summed E-state index contributed by atoms with van der Waals surface area (Å²) in [6, 6.07) is 0. The molecule has 62 valence electrons. The van der Waals surface area contributed by atoms with Gasteiger partial charge in [-0.3, -0.25) is 0 Å². The Labute approximate surface area is 93.0 Å². The zero-order valence-electron chi connectivity index (χ0n) is 6.16. The summed E-state index contributed by atoms with van der Waals surface area (Å²) in [7, 11) is -4.20. The van der Waals surface area contributed by atoms with Crippen molar-refractivity contribution in [2.24, 2.45) is 0 Å². The molecule has 0 spiro atoms. The molecule has 0 rings (SSSR count). The molecule has 1 atom stereocenters. The molecular formula is C4H8ClNaO4S. The van der Waals surface area contributed by atoms with Crippen molar-refractivity contribution in [1.29, 1.82) is 0 Å². The number of hydrogen-bond acceptors (Lipinski definition) is 4. The summed E-state index contributed by atoms with van der Waals surface area (Å²) in [6.45, 7) is 0. The third kappa shape index (κ3) is 11.2. The third-order valence-electron chi connectivity index (χ3n) is 0.879. The topological polar surface area (TPSA) is 77.4 Å². The molecule has 1 unspecified atom stereocenters. The minimum absolute atomic E-state index is 0. The zero-order chi connectivity index (χ0) is 8.20. The van der Waals surface area contributed by atoms with Crippen molar-refractivity contribution >= 4 is 21.7 Å². The first kappa shape index (κ1) is 14.7. The Balaban J connectivity index is 0. The second-order valence-corrected chi connectivity index (χ2v) is 3.69. The summed E-state index contributed by atoms with van der Waals surface area (Å²) in [5.74, 6) is -0.601. The summed E-state index contributed by atoms with van der Waals surface area (Å²) in [5, 5.41) is 8.69. The first-order valence-corrected chi connectivity index (χ1v) is 4.74. The third-order valence-corrected chi connectivity index (χ3v) is 1.97. The number of alkyl halides is 1. The van der Waals surface area contributed by atoms with Gasteiger partial charge in [0.15, 0.2) is 0 Å². The van der Waals surface area contributed by atoms with Crippen LogP contribution in [0.3, 0.4) is 0 Å². The van der Waals surface area contributed by atoms with Crippen LogP contribution in [0.4, 0.5) is 0 Å². The van der Waals surface area contributed by atoms with Crippen LogP contribution in [0.15, 0.2) is 0 Å². The number of hydrogen-bond donors (Lipinski definition) is 1. The van der Waals surface area contributed by atoms with Crippen LogP contribution in [-0.2, 0) is 10.1 Å². The van der Waals surface area contributed by atoms with Crippen LogP contribution in [0.25, 0.3) is 0 Å². The van der Waals surface area contributed by atoms with Gasteiger partial charge in [0.2, 0.25) is 0 Å². The van der Waals surface area contributed by atoms with Gasteiger partial charge in [-0.2, -0.15) is 0 Å². The Kier molecular flexibility index (Phi) is 8.87. The molecule has 0 saturated heterocycles. The van der Waals surface area contributed by atoms with Gasteiger partial charge in [-0.05, 0) is 6.42 Å². The van der Waals surface area contributed by atoms with Crippen molar-refractivity contribution < 1.29 is 47.6 Å². The molecule has 0 saturated carbocycles. The quantitative estimate of drug-likeness (QED) is 0.297. The molecular weight excluding hydrogens is 203 g/mol. The van der Waals surface area contributed by atoms with Gasteiger partial charge in [0.1, 0.15) is 0 Å². The van der Waals surface area contributed by atoms with Gasteiger partial charge in [-0.25, -0.2) is 8.42 Å². The second-order valence-electron chi connectivity index (χ2n) is 1.86. The predicted octanol–water partition coefficient (Wildman–Crippen LogP) is -3.47. The largest absolute Gasteiger partial charge is 1.00 e. The maximum atomic E-state index is 9.94. The van der Waals surface area contributed by atoms with Crippen molar-refractivity contribution in [3.8, 4) is 0 Å². The fourth-order valence-corrected chi connectivity index (χ4v) is 1.07. The molecule has 1 N–H and O–H groups in total. The molecule has 0 aliphatic heterocycles. The summed E-state index contributed by atoms with van der Waals surface area (Å²) >= 11 is 5.13. The van der Waals surface area contributed by atoms with E-state index in [1.165, 1.54) is 0 Å². The Morgan fingerprint density at radius 3 is 2.27 bits per heavy atom. The second kappa shape index (κ2) is 6.65. The van der Waals surface area contributed by atoms with Crippen LogP contribution >= 0.6 is 11.6 Å². The average Bonchev–Trinajstić information content (AvgIpc) is 1.81. The van der Waals surface area contributed by atoms with Crippen molar-refractivity contribution in [3.63, 3.8) is 0 Å². The van der Waals surface area contributed by atoms with E-state index in [2.05, 4.69) is 0 Å². The molecule has 0 amide bonds. The van der Waals surface area contributed by atoms with Gasteiger partial charge in [-0.15, -0.1) is 11.6 Å². The van der Waals surface area contributed by atoms with Gasteiger partial charge in [0.25, 0.3) is 0 Å². The fraction of sp³-hybridized carbons (Fsp3) is 1.00. The predicted molar refractivity (Wildman–Crippen MR) is 35.9 cm³/mol. The van der Waals surface area contributed by atoms with Crippen molar-refractivity contribution in [2.45, 2.75) is 12.5 Å². The summed E-state index contributed by atoms with van der Waals surface area (Å²) < 4.78 is 29.8. The smallest absolute Gasteiger partial charge is 0.748 e. The monoisotopic (exact) mass is 210 g/mol. The van der Waals surface area contributed by atoms with Crippen molar-refractivity contribution in [1.82, 2.24) is 0 Å². The Morgan fingerprint density at radius 2 is 2.00 bits per heavy atom. The summed E-state index contributed by atoms with van der Waals surface area (Å²) in [5.41, 5.74) is 0. The molecule has 0 aromatic heterocycles. The number of aliphatic hydroxyl groups excluding tert-OH is 1. The van der Waals surface area contributed by atoms with E-state index in [-0.39, 0.29) is 41.9 Å². The van der Waals surface area contributed by atoms with Crippen LogP contribution in [0, 0.1) is 0 Å². The van der Waals surface area contributed by atoms with Gasteiger partial charge in [0, 0.05) is 11.6 Å². The van der Waals surface area contributed by atoms with Crippen molar-refractivity contribution in [3.05, 3.63) is 0 Å². The molecule has 0 fully saturated rings. The molecule has 0 aromatic carbocycles. The Bertz CT molecular complexity index is 181. The molecule has 7 heteroatoms. The first-order valence-electron chi connectivity index (χ1n) is 2.63. The normalized spacial score (nSPS) is 13.7. The fourth-order valence-electron chi connectivity index (χ4n) is 0.358. The minimum Gasteiger partial charge on any atom is -0.748 e. The molecule has 0 aromatic rings. The van der Waals surface area contributed by atoms with Gasteiger partial charge < -0.3 is 9.66 Å². The molecule has 0 radical (unpaired) electrons.